The van der Waals surface area contributed by atoms with Crippen LogP contribution >= 0.6 is 0 Å². The van der Waals surface area contributed by atoms with E-state index in [0.29, 0.717) is 38.0 Å². The number of amides is 1. The van der Waals surface area contributed by atoms with Crippen LogP contribution in [0.15, 0.2) is 24.3 Å². The molecule has 142 valence electrons. The van der Waals surface area contributed by atoms with Crippen molar-refractivity contribution in [1.29, 1.82) is 0 Å². The van der Waals surface area contributed by atoms with Gasteiger partial charge in [-0.2, -0.15) is 0 Å². The van der Waals surface area contributed by atoms with Crippen molar-refractivity contribution in [3.63, 3.8) is 0 Å². The molecule has 2 N–H and O–H groups in total. The summed E-state index contributed by atoms with van der Waals surface area (Å²) in [7, 11) is 0. The summed E-state index contributed by atoms with van der Waals surface area (Å²) in [5.41, 5.74) is 6.92. The molecule has 3 aliphatic heterocycles. The number of piperidine rings is 1. The van der Waals surface area contributed by atoms with Crippen molar-refractivity contribution in [1.82, 2.24) is 15.8 Å². The molecule has 3 saturated heterocycles. The van der Waals surface area contributed by atoms with E-state index in [1.165, 1.54) is 12.1 Å². The van der Waals surface area contributed by atoms with Crippen LogP contribution in [0.1, 0.15) is 37.7 Å². The second kappa shape index (κ2) is 7.62. The Morgan fingerprint density at radius 2 is 1.96 bits per heavy atom. The first-order chi connectivity index (χ1) is 12.7. The number of likely N-dealkylation sites (tertiary alicyclic amines) is 1. The lowest BCUT2D eigenvalue weighted by molar-refractivity contribution is -0.143. The number of rotatable bonds is 3. The summed E-state index contributed by atoms with van der Waals surface area (Å²) in [5, 5.41) is 0. The average Bonchev–Trinajstić information content (AvgIpc) is 3.23. The zero-order chi connectivity index (χ0) is 18.0. The van der Waals surface area contributed by atoms with Crippen LogP contribution < -0.4 is 10.9 Å². The number of benzene rings is 1. The monoisotopic (exact) mass is 361 g/mol. The maximum atomic E-state index is 13.7. The normalized spacial score (nSPS) is 28.9. The summed E-state index contributed by atoms with van der Waals surface area (Å²) >= 11 is 0. The molecule has 1 amide bonds. The molecule has 0 aliphatic carbocycles. The second-order valence-electron chi connectivity index (χ2n) is 7.82. The van der Waals surface area contributed by atoms with E-state index < -0.39 is 5.41 Å². The van der Waals surface area contributed by atoms with Gasteiger partial charge in [0, 0.05) is 38.9 Å². The zero-order valence-corrected chi connectivity index (χ0v) is 15.2. The molecule has 26 heavy (non-hydrogen) atoms. The fraction of sp³-hybridized carbons (Fsp3) is 0.650. The largest absolute Gasteiger partial charge is 0.381 e. The Kier molecular flexibility index (Phi) is 5.25. The third-order valence-corrected chi connectivity index (χ3v) is 6.33. The van der Waals surface area contributed by atoms with Crippen molar-refractivity contribution in [3.8, 4) is 0 Å². The van der Waals surface area contributed by atoms with Crippen molar-refractivity contribution in [3.05, 3.63) is 35.6 Å². The van der Waals surface area contributed by atoms with E-state index in [2.05, 4.69) is 15.8 Å². The van der Waals surface area contributed by atoms with Crippen molar-refractivity contribution in [2.45, 2.75) is 43.6 Å². The lowest BCUT2D eigenvalue weighted by atomic mass is 9.72. The van der Waals surface area contributed by atoms with Crippen LogP contribution in [-0.4, -0.2) is 49.7 Å². The third kappa shape index (κ3) is 3.38. The lowest BCUT2D eigenvalue weighted by Crippen LogP contribution is -2.54. The second-order valence-corrected chi connectivity index (χ2v) is 7.82. The number of nitrogens with one attached hydrogen (secondary N) is 2. The SMILES string of the molecule is O=C(N1CCCC(C2CCNN2)C1)C1(c2ccc(F)cc2)CCOCC1. The van der Waals surface area contributed by atoms with Crippen LogP contribution in [0.5, 0.6) is 0 Å². The minimum Gasteiger partial charge on any atom is -0.381 e. The molecule has 4 rings (SSSR count). The number of hydrogen-bond acceptors (Lipinski definition) is 4. The fourth-order valence-corrected chi connectivity index (χ4v) is 4.80. The molecule has 0 spiro atoms. The maximum absolute atomic E-state index is 13.7. The molecule has 1 aromatic carbocycles. The maximum Gasteiger partial charge on any atom is 0.233 e. The van der Waals surface area contributed by atoms with Gasteiger partial charge in [0.15, 0.2) is 0 Å². The molecule has 3 fully saturated rings. The van der Waals surface area contributed by atoms with Gasteiger partial charge in [0.25, 0.3) is 0 Å². The smallest absolute Gasteiger partial charge is 0.233 e. The van der Waals surface area contributed by atoms with Gasteiger partial charge in [0.1, 0.15) is 5.82 Å². The van der Waals surface area contributed by atoms with Crippen molar-refractivity contribution in [2.24, 2.45) is 5.92 Å². The van der Waals surface area contributed by atoms with Crippen LogP contribution in [0.4, 0.5) is 4.39 Å². The first-order valence-corrected chi connectivity index (χ1v) is 9.81. The van der Waals surface area contributed by atoms with Crippen LogP contribution in [0.2, 0.25) is 0 Å². The quantitative estimate of drug-likeness (QED) is 0.864. The van der Waals surface area contributed by atoms with Gasteiger partial charge in [-0.3, -0.25) is 15.6 Å². The fourth-order valence-electron chi connectivity index (χ4n) is 4.80. The highest BCUT2D eigenvalue weighted by atomic mass is 19.1. The number of ether oxygens (including phenoxy) is 1. The zero-order valence-electron chi connectivity index (χ0n) is 15.2. The average molecular weight is 361 g/mol. The minimum absolute atomic E-state index is 0.197. The topological polar surface area (TPSA) is 53.6 Å². The molecule has 6 heteroatoms. The van der Waals surface area contributed by atoms with Gasteiger partial charge in [-0.25, -0.2) is 4.39 Å². The van der Waals surface area contributed by atoms with E-state index in [-0.39, 0.29) is 11.7 Å². The van der Waals surface area contributed by atoms with Gasteiger partial charge in [0.05, 0.1) is 5.41 Å². The van der Waals surface area contributed by atoms with Gasteiger partial charge in [-0.15, -0.1) is 0 Å². The Morgan fingerprint density at radius 3 is 2.65 bits per heavy atom. The van der Waals surface area contributed by atoms with E-state index in [0.717, 1.165) is 44.5 Å². The lowest BCUT2D eigenvalue weighted by Gasteiger charge is -2.43. The molecule has 0 aromatic heterocycles. The Labute approximate surface area is 154 Å². The van der Waals surface area contributed by atoms with Gasteiger partial charge in [0.2, 0.25) is 5.91 Å². The molecule has 0 radical (unpaired) electrons. The number of hydrogen-bond donors (Lipinski definition) is 2. The van der Waals surface area contributed by atoms with E-state index in [9.17, 15) is 9.18 Å². The molecular formula is C20H28FN3O2. The predicted octanol–water partition coefficient (Wildman–Crippen LogP) is 1.98. The summed E-state index contributed by atoms with van der Waals surface area (Å²) in [6.45, 7) is 3.77. The van der Waals surface area contributed by atoms with E-state index in [4.69, 9.17) is 4.74 Å². The van der Waals surface area contributed by atoms with Crippen LogP contribution in [0.25, 0.3) is 0 Å². The van der Waals surface area contributed by atoms with Gasteiger partial charge < -0.3 is 9.64 Å². The Hall–Kier alpha value is -1.50. The van der Waals surface area contributed by atoms with Crippen molar-refractivity contribution in [2.75, 3.05) is 32.8 Å². The summed E-state index contributed by atoms with van der Waals surface area (Å²) in [6, 6.07) is 6.94. The number of halogens is 1. The Balaban J connectivity index is 1.56. The summed E-state index contributed by atoms with van der Waals surface area (Å²) in [6.07, 6.45) is 4.66. The predicted molar refractivity (Wildman–Crippen MR) is 97.0 cm³/mol. The summed E-state index contributed by atoms with van der Waals surface area (Å²) in [5.74, 6) is 0.428. The molecule has 1 aromatic rings. The highest BCUT2D eigenvalue weighted by Crippen LogP contribution is 2.38. The molecule has 2 atom stereocenters. The highest BCUT2D eigenvalue weighted by molar-refractivity contribution is 5.88. The molecule has 5 nitrogen and oxygen atoms in total. The molecule has 0 bridgehead atoms. The molecule has 0 saturated carbocycles. The number of carbonyl (C=O) groups is 1. The minimum atomic E-state index is -0.574. The van der Waals surface area contributed by atoms with E-state index in [1.807, 2.05) is 0 Å². The molecule has 2 unspecified atom stereocenters. The number of hydrazine groups is 1. The van der Waals surface area contributed by atoms with Gasteiger partial charge in [-0.05, 0) is 55.7 Å². The highest BCUT2D eigenvalue weighted by Gasteiger charge is 2.45. The van der Waals surface area contributed by atoms with Crippen molar-refractivity contribution < 1.29 is 13.9 Å². The van der Waals surface area contributed by atoms with Gasteiger partial charge in [-0.1, -0.05) is 12.1 Å². The number of nitrogens with zero attached hydrogens (tertiary/aromatic N) is 1. The molecular weight excluding hydrogens is 333 g/mol. The standard InChI is InChI=1S/C20H28FN3O2/c21-17-5-3-16(4-6-17)20(8-12-26-13-9-20)19(25)24-11-1-2-15(14-24)18-7-10-22-23-18/h3-6,15,18,22-23H,1-2,7-14H2. The summed E-state index contributed by atoms with van der Waals surface area (Å²) < 4.78 is 19.0. The first kappa shape index (κ1) is 17.9. The summed E-state index contributed by atoms with van der Waals surface area (Å²) in [4.78, 5) is 15.7. The van der Waals surface area contributed by atoms with Gasteiger partial charge >= 0.3 is 0 Å². The Morgan fingerprint density at radius 1 is 1.19 bits per heavy atom. The van der Waals surface area contributed by atoms with Crippen LogP contribution in [0.3, 0.4) is 0 Å². The van der Waals surface area contributed by atoms with E-state index in [1.54, 1.807) is 12.1 Å². The molecule has 3 aliphatic rings. The van der Waals surface area contributed by atoms with Crippen LogP contribution in [0, 0.1) is 11.7 Å². The number of carbonyl (C=O) groups excluding carboxylic acids is 1. The first-order valence-electron chi connectivity index (χ1n) is 9.81. The Bertz CT molecular complexity index is 624. The van der Waals surface area contributed by atoms with E-state index >= 15 is 0 Å². The third-order valence-electron chi connectivity index (χ3n) is 6.33. The molecule has 3 heterocycles. The van der Waals surface area contributed by atoms with Crippen molar-refractivity contribution >= 4 is 5.91 Å². The van der Waals surface area contributed by atoms with Crippen LogP contribution in [-0.2, 0) is 14.9 Å².